The molecule has 0 saturated heterocycles. The molecule has 30 heavy (non-hydrogen) atoms. The van der Waals surface area contributed by atoms with Crippen LogP contribution in [-0.2, 0) is 11.2 Å². The molecule has 0 atom stereocenters. The van der Waals surface area contributed by atoms with Gasteiger partial charge in [-0.2, -0.15) is 0 Å². The van der Waals surface area contributed by atoms with E-state index in [1.54, 1.807) is 6.20 Å². The van der Waals surface area contributed by atoms with Crippen LogP contribution in [0, 0.1) is 0 Å². The fraction of sp³-hybridized carbons (Fsp3) is 0.478. The lowest BCUT2D eigenvalue weighted by atomic mass is 9.90. The Morgan fingerprint density at radius 2 is 1.93 bits per heavy atom. The number of carbonyl (C=O) groups is 1. The first-order valence-corrected chi connectivity index (χ1v) is 11.6. The molecule has 0 spiro atoms. The number of hydrogen-bond acceptors (Lipinski definition) is 6. The SMILES string of the molecule is CC(C)c1ccc(-c2cnc(CCC(=O)Nc3nnc(C4CCCCC4)s3)o2)cc1. The van der Waals surface area contributed by atoms with E-state index in [1.807, 2.05) is 12.1 Å². The Bertz CT molecular complexity index is 971. The van der Waals surface area contributed by atoms with Crippen LogP contribution >= 0.6 is 11.3 Å². The molecule has 0 bridgehead atoms. The van der Waals surface area contributed by atoms with Crippen LogP contribution in [-0.4, -0.2) is 21.1 Å². The van der Waals surface area contributed by atoms with Gasteiger partial charge < -0.3 is 9.73 Å². The summed E-state index contributed by atoms with van der Waals surface area (Å²) in [5.41, 5.74) is 2.28. The van der Waals surface area contributed by atoms with E-state index in [4.69, 9.17) is 4.42 Å². The van der Waals surface area contributed by atoms with Gasteiger partial charge in [0.2, 0.25) is 11.0 Å². The maximum absolute atomic E-state index is 12.3. The van der Waals surface area contributed by atoms with Crippen molar-refractivity contribution in [2.75, 3.05) is 5.32 Å². The van der Waals surface area contributed by atoms with Crippen molar-refractivity contribution in [3.8, 4) is 11.3 Å². The van der Waals surface area contributed by atoms with Gasteiger partial charge in [0.25, 0.3) is 0 Å². The van der Waals surface area contributed by atoms with Gasteiger partial charge in [-0.25, -0.2) is 4.98 Å². The Morgan fingerprint density at radius 1 is 1.17 bits per heavy atom. The van der Waals surface area contributed by atoms with Gasteiger partial charge in [0.05, 0.1) is 6.20 Å². The first-order valence-electron chi connectivity index (χ1n) is 10.8. The summed E-state index contributed by atoms with van der Waals surface area (Å²) in [6.45, 7) is 4.34. The Morgan fingerprint density at radius 3 is 2.67 bits per heavy atom. The van der Waals surface area contributed by atoms with Crippen LogP contribution < -0.4 is 5.32 Å². The van der Waals surface area contributed by atoms with Crippen molar-refractivity contribution in [3.63, 3.8) is 0 Å². The number of amides is 1. The Balaban J connectivity index is 1.29. The molecule has 1 aliphatic carbocycles. The highest BCUT2D eigenvalue weighted by Crippen LogP contribution is 2.35. The minimum Gasteiger partial charge on any atom is -0.441 e. The summed E-state index contributed by atoms with van der Waals surface area (Å²) in [6.07, 6.45) is 8.64. The molecule has 7 heteroatoms. The molecular weight excluding hydrogens is 396 g/mol. The van der Waals surface area contributed by atoms with Crippen molar-refractivity contribution in [1.29, 1.82) is 0 Å². The van der Waals surface area contributed by atoms with Crippen LogP contribution in [0.25, 0.3) is 11.3 Å². The number of hydrogen-bond donors (Lipinski definition) is 1. The van der Waals surface area contributed by atoms with Crippen molar-refractivity contribution >= 4 is 22.4 Å². The van der Waals surface area contributed by atoms with Crippen molar-refractivity contribution in [1.82, 2.24) is 15.2 Å². The van der Waals surface area contributed by atoms with E-state index in [0.29, 0.717) is 35.7 Å². The average Bonchev–Trinajstić information content (AvgIpc) is 3.43. The largest absolute Gasteiger partial charge is 0.441 e. The average molecular weight is 425 g/mol. The molecule has 2 aromatic heterocycles. The molecule has 2 heterocycles. The van der Waals surface area contributed by atoms with Crippen LogP contribution in [0.4, 0.5) is 5.13 Å². The lowest BCUT2D eigenvalue weighted by Gasteiger charge is -2.18. The van der Waals surface area contributed by atoms with Gasteiger partial charge >= 0.3 is 0 Å². The first-order chi connectivity index (χ1) is 14.6. The molecule has 0 unspecified atom stereocenters. The first kappa shape index (κ1) is 20.7. The Labute approximate surface area is 181 Å². The van der Waals surface area contributed by atoms with Crippen molar-refractivity contribution < 1.29 is 9.21 Å². The molecule has 1 amide bonds. The van der Waals surface area contributed by atoms with Gasteiger partial charge in [-0.15, -0.1) is 10.2 Å². The maximum Gasteiger partial charge on any atom is 0.226 e. The summed E-state index contributed by atoms with van der Waals surface area (Å²) >= 11 is 1.50. The third-order valence-electron chi connectivity index (χ3n) is 5.62. The third-order valence-corrected chi connectivity index (χ3v) is 6.62. The molecule has 3 aromatic rings. The number of aromatic nitrogens is 3. The molecule has 4 rings (SSSR count). The monoisotopic (exact) mass is 424 g/mol. The third kappa shape index (κ3) is 5.14. The fourth-order valence-electron chi connectivity index (χ4n) is 3.79. The number of benzene rings is 1. The second kappa shape index (κ2) is 9.51. The summed E-state index contributed by atoms with van der Waals surface area (Å²) < 4.78 is 5.84. The van der Waals surface area contributed by atoms with E-state index in [2.05, 4.69) is 46.5 Å². The molecule has 0 radical (unpaired) electrons. The maximum atomic E-state index is 12.3. The Kier molecular flexibility index (Phi) is 6.57. The van der Waals surface area contributed by atoms with E-state index < -0.39 is 0 Å². The second-order valence-corrected chi connectivity index (χ2v) is 9.23. The minimum absolute atomic E-state index is 0.0950. The summed E-state index contributed by atoms with van der Waals surface area (Å²) in [5, 5.41) is 12.9. The van der Waals surface area contributed by atoms with Crippen molar-refractivity contribution in [3.05, 3.63) is 46.9 Å². The van der Waals surface area contributed by atoms with Gasteiger partial charge in [0.1, 0.15) is 5.01 Å². The van der Waals surface area contributed by atoms with Crippen LogP contribution in [0.15, 0.2) is 34.9 Å². The predicted molar refractivity (Wildman–Crippen MR) is 119 cm³/mol. The predicted octanol–water partition coefficient (Wildman–Crippen LogP) is 5.94. The van der Waals surface area contributed by atoms with E-state index in [0.717, 1.165) is 16.3 Å². The van der Waals surface area contributed by atoms with Gasteiger partial charge in [-0.1, -0.05) is 68.7 Å². The van der Waals surface area contributed by atoms with Gasteiger partial charge in [-0.05, 0) is 24.3 Å². The Hall–Kier alpha value is -2.54. The summed E-state index contributed by atoms with van der Waals surface area (Å²) in [6, 6.07) is 8.32. The van der Waals surface area contributed by atoms with Gasteiger partial charge in [0, 0.05) is 24.3 Å². The zero-order valence-electron chi connectivity index (χ0n) is 17.6. The summed E-state index contributed by atoms with van der Waals surface area (Å²) in [7, 11) is 0. The molecule has 6 nitrogen and oxygen atoms in total. The molecule has 158 valence electrons. The number of anilines is 1. The van der Waals surface area contributed by atoms with Crippen LogP contribution in [0.1, 0.15) is 80.7 Å². The molecule has 1 saturated carbocycles. The highest BCUT2D eigenvalue weighted by Gasteiger charge is 2.20. The van der Waals surface area contributed by atoms with Gasteiger partial charge in [0.15, 0.2) is 11.7 Å². The quantitative estimate of drug-likeness (QED) is 0.508. The molecule has 1 aromatic carbocycles. The van der Waals surface area contributed by atoms with Crippen LogP contribution in [0.3, 0.4) is 0 Å². The minimum atomic E-state index is -0.0950. The summed E-state index contributed by atoms with van der Waals surface area (Å²) in [5.74, 6) is 2.19. The van der Waals surface area contributed by atoms with E-state index in [-0.39, 0.29) is 5.91 Å². The fourth-order valence-corrected chi connectivity index (χ4v) is 4.72. The number of nitrogens with zero attached hydrogens (tertiary/aromatic N) is 3. The van der Waals surface area contributed by atoms with Crippen LogP contribution in [0.2, 0.25) is 0 Å². The number of rotatable bonds is 7. The van der Waals surface area contributed by atoms with E-state index in [9.17, 15) is 4.79 Å². The van der Waals surface area contributed by atoms with Crippen LogP contribution in [0.5, 0.6) is 0 Å². The standard InChI is InChI=1S/C23H28N4O2S/c1-15(2)16-8-10-17(11-9-16)19-14-24-21(29-19)13-12-20(28)25-23-27-26-22(30-23)18-6-4-3-5-7-18/h8-11,14-15,18H,3-7,12-13H2,1-2H3,(H,25,27,28). The highest BCUT2D eigenvalue weighted by atomic mass is 32.1. The highest BCUT2D eigenvalue weighted by molar-refractivity contribution is 7.15. The van der Waals surface area contributed by atoms with Gasteiger partial charge in [-0.3, -0.25) is 4.79 Å². The van der Waals surface area contributed by atoms with E-state index in [1.165, 1.54) is 49.0 Å². The van der Waals surface area contributed by atoms with Crippen molar-refractivity contribution in [2.45, 2.75) is 70.6 Å². The smallest absolute Gasteiger partial charge is 0.226 e. The van der Waals surface area contributed by atoms with Crippen molar-refractivity contribution in [2.24, 2.45) is 0 Å². The molecule has 1 fully saturated rings. The zero-order chi connectivity index (χ0) is 20.9. The molecule has 1 aliphatic rings. The molecule has 0 aliphatic heterocycles. The zero-order valence-corrected chi connectivity index (χ0v) is 18.4. The summed E-state index contributed by atoms with van der Waals surface area (Å²) in [4.78, 5) is 16.6. The topological polar surface area (TPSA) is 80.9 Å². The lowest BCUT2D eigenvalue weighted by Crippen LogP contribution is -2.12. The normalized spacial score (nSPS) is 14.9. The number of aryl methyl sites for hydroxylation is 1. The number of nitrogens with one attached hydrogen (secondary N) is 1. The second-order valence-electron chi connectivity index (χ2n) is 8.22. The van der Waals surface area contributed by atoms with E-state index >= 15 is 0 Å². The molecular formula is C23H28N4O2S. The number of oxazole rings is 1. The molecule has 1 N–H and O–H groups in total. The number of carbonyl (C=O) groups excluding carboxylic acids is 1. The lowest BCUT2D eigenvalue weighted by molar-refractivity contribution is -0.116.